The largest absolute Gasteiger partial charge is 0.383 e. The standard InChI is InChI=1S/C18H36N4O3.HI/c1-5-25-16(15-8-6-7-9-15)10-11-19-18(20-12-13-24-4)21-14-17(23)22(2)3;/h15-16H,5-14H2,1-4H3,(H2,19,20,21);1H. The van der Waals surface area contributed by atoms with Gasteiger partial charge < -0.3 is 25.0 Å². The van der Waals surface area contributed by atoms with Crippen LogP contribution in [-0.4, -0.2) is 76.9 Å². The van der Waals surface area contributed by atoms with Gasteiger partial charge in [0.25, 0.3) is 0 Å². The Morgan fingerprint density at radius 3 is 2.46 bits per heavy atom. The fourth-order valence-corrected chi connectivity index (χ4v) is 3.07. The molecule has 1 aliphatic carbocycles. The van der Waals surface area contributed by atoms with Crippen LogP contribution in [0.2, 0.25) is 0 Å². The lowest BCUT2D eigenvalue weighted by atomic mass is 9.98. The van der Waals surface area contributed by atoms with Crippen LogP contribution in [0.15, 0.2) is 4.99 Å². The van der Waals surface area contributed by atoms with Gasteiger partial charge in [-0.3, -0.25) is 4.79 Å². The molecule has 1 atom stereocenters. The van der Waals surface area contributed by atoms with Crippen LogP contribution in [0.1, 0.15) is 39.0 Å². The third-order valence-corrected chi connectivity index (χ3v) is 4.50. The highest BCUT2D eigenvalue weighted by atomic mass is 127. The summed E-state index contributed by atoms with van der Waals surface area (Å²) in [7, 11) is 5.13. The minimum atomic E-state index is -0.0222. The maximum atomic E-state index is 11.7. The van der Waals surface area contributed by atoms with E-state index in [1.165, 1.54) is 25.7 Å². The van der Waals surface area contributed by atoms with E-state index in [2.05, 4.69) is 22.5 Å². The van der Waals surface area contributed by atoms with Crippen molar-refractivity contribution in [1.82, 2.24) is 15.5 Å². The van der Waals surface area contributed by atoms with Crippen molar-refractivity contribution in [3.8, 4) is 0 Å². The van der Waals surface area contributed by atoms with Crippen molar-refractivity contribution >= 4 is 35.8 Å². The number of likely N-dealkylation sites (N-methyl/N-ethyl adjacent to an activating group) is 1. The Kier molecular flexibility index (Phi) is 15.1. The van der Waals surface area contributed by atoms with Gasteiger partial charge in [-0.05, 0) is 32.1 Å². The minimum absolute atomic E-state index is 0. The zero-order chi connectivity index (χ0) is 18.5. The van der Waals surface area contributed by atoms with Crippen molar-refractivity contribution < 1.29 is 14.3 Å². The summed E-state index contributed by atoms with van der Waals surface area (Å²) in [5.41, 5.74) is 0. The molecule has 0 aromatic carbocycles. The molecule has 1 fully saturated rings. The summed E-state index contributed by atoms with van der Waals surface area (Å²) < 4.78 is 11.0. The van der Waals surface area contributed by atoms with E-state index in [4.69, 9.17) is 9.47 Å². The molecule has 0 saturated heterocycles. The summed E-state index contributed by atoms with van der Waals surface area (Å²) in [6.45, 7) is 4.96. The van der Waals surface area contributed by atoms with E-state index in [9.17, 15) is 4.79 Å². The van der Waals surface area contributed by atoms with Gasteiger partial charge in [-0.1, -0.05) is 12.8 Å². The summed E-state index contributed by atoms with van der Waals surface area (Å²) in [6, 6.07) is 0. The molecule has 0 aliphatic heterocycles. The van der Waals surface area contributed by atoms with E-state index in [1.807, 2.05) is 0 Å². The third kappa shape index (κ3) is 10.5. The zero-order valence-corrected chi connectivity index (χ0v) is 19.1. The predicted octanol–water partition coefficient (Wildman–Crippen LogP) is 1.86. The average molecular weight is 484 g/mol. The van der Waals surface area contributed by atoms with Gasteiger partial charge in [0.1, 0.15) is 6.54 Å². The Morgan fingerprint density at radius 2 is 1.88 bits per heavy atom. The van der Waals surface area contributed by atoms with Gasteiger partial charge in [-0.15, -0.1) is 24.0 Å². The number of rotatable bonds is 11. The van der Waals surface area contributed by atoms with Crippen molar-refractivity contribution in [3.63, 3.8) is 0 Å². The first-order valence-electron chi connectivity index (χ1n) is 9.41. The third-order valence-electron chi connectivity index (χ3n) is 4.50. The Bertz CT molecular complexity index is 402. The molecule has 26 heavy (non-hydrogen) atoms. The number of hydrogen-bond acceptors (Lipinski definition) is 4. The Morgan fingerprint density at radius 1 is 1.23 bits per heavy atom. The average Bonchev–Trinajstić information content (AvgIpc) is 3.12. The monoisotopic (exact) mass is 484 g/mol. The first-order valence-corrected chi connectivity index (χ1v) is 9.41. The first-order chi connectivity index (χ1) is 12.1. The Balaban J connectivity index is 0.00000625. The highest BCUT2D eigenvalue weighted by Crippen LogP contribution is 2.30. The molecule has 0 aromatic heterocycles. The second-order valence-corrected chi connectivity index (χ2v) is 6.63. The fourth-order valence-electron chi connectivity index (χ4n) is 3.07. The van der Waals surface area contributed by atoms with Gasteiger partial charge in [0.15, 0.2) is 5.96 Å². The molecule has 0 bridgehead atoms. The highest BCUT2D eigenvalue weighted by molar-refractivity contribution is 14.0. The van der Waals surface area contributed by atoms with E-state index in [0.717, 1.165) is 19.6 Å². The molecule has 1 amide bonds. The van der Waals surface area contributed by atoms with Gasteiger partial charge in [-0.2, -0.15) is 0 Å². The molecular weight excluding hydrogens is 447 g/mol. The van der Waals surface area contributed by atoms with Crippen molar-refractivity contribution in [2.45, 2.75) is 45.1 Å². The molecule has 2 N–H and O–H groups in total. The number of amides is 1. The summed E-state index contributed by atoms with van der Waals surface area (Å²) >= 11 is 0. The number of guanidine groups is 1. The van der Waals surface area contributed by atoms with Crippen LogP contribution >= 0.6 is 24.0 Å². The zero-order valence-electron chi connectivity index (χ0n) is 16.8. The summed E-state index contributed by atoms with van der Waals surface area (Å²) in [6.07, 6.45) is 6.44. The van der Waals surface area contributed by atoms with Crippen LogP contribution in [0.25, 0.3) is 0 Å². The predicted molar refractivity (Wildman–Crippen MR) is 116 cm³/mol. The number of ether oxygens (including phenoxy) is 2. The normalized spacial score (nSPS) is 16.1. The van der Waals surface area contributed by atoms with E-state index in [0.29, 0.717) is 31.1 Å². The highest BCUT2D eigenvalue weighted by Gasteiger charge is 2.25. The number of aliphatic imine (C=N–C) groups is 1. The Labute approximate surface area is 175 Å². The van der Waals surface area contributed by atoms with Crippen molar-refractivity contribution in [3.05, 3.63) is 0 Å². The van der Waals surface area contributed by atoms with Crippen LogP contribution < -0.4 is 10.6 Å². The molecule has 0 heterocycles. The summed E-state index contributed by atoms with van der Waals surface area (Å²) in [5.74, 6) is 1.30. The number of nitrogens with one attached hydrogen (secondary N) is 2. The minimum Gasteiger partial charge on any atom is -0.383 e. The molecule has 0 aromatic rings. The smallest absolute Gasteiger partial charge is 0.243 e. The van der Waals surface area contributed by atoms with Gasteiger partial charge in [0.05, 0.1) is 12.7 Å². The molecular formula is C18H37IN4O3. The number of carbonyl (C=O) groups is 1. The van der Waals surface area contributed by atoms with Gasteiger partial charge >= 0.3 is 0 Å². The molecule has 1 saturated carbocycles. The Hall–Kier alpha value is -0.610. The fraction of sp³-hybridized carbons (Fsp3) is 0.889. The lowest BCUT2D eigenvalue weighted by molar-refractivity contribution is -0.127. The molecule has 0 radical (unpaired) electrons. The maximum Gasteiger partial charge on any atom is 0.243 e. The molecule has 1 unspecified atom stereocenters. The topological polar surface area (TPSA) is 75.2 Å². The molecule has 7 nitrogen and oxygen atoms in total. The second-order valence-electron chi connectivity index (χ2n) is 6.63. The number of halogens is 1. The lowest BCUT2D eigenvalue weighted by Gasteiger charge is -2.24. The summed E-state index contributed by atoms with van der Waals surface area (Å²) in [4.78, 5) is 17.6. The maximum absolute atomic E-state index is 11.7. The molecule has 0 spiro atoms. The van der Waals surface area contributed by atoms with E-state index in [1.54, 1.807) is 26.1 Å². The van der Waals surface area contributed by atoms with E-state index in [-0.39, 0.29) is 36.4 Å². The lowest BCUT2D eigenvalue weighted by Crippen LogP contribution is -2.41. The molecule has 154 valence electrons. The number of hydrogen-bond donors (Lipinski definition) is 2. The van der Waals surface area contributed by atoms with Gasteiger partial charge in [-0.25, -0.2) is 4.99 Å². The van der Waals surface area contributed by atoms with Crippen molar-refractivity contribution in [2.24, 2.45) is 10.9 Å². The van der Waals surface area contributed by atoms with Crippen molar-refractivity contribution in [2.75, 3.05) is 54.1 Å². The van der Waals surface area contributed by atoms with Crippen LogP contribution in [0.4, 0.5) is 0 Å². The second kappa shape index (κ2) is 15.4. The molecule has 1 rings (SSSR count). The van der Waals surface area contributed by atoms with Gasteiger partial charge in [0, 0.05) is 40.9 Å². The first kappa shape index (κ1) is 25.4. The van der Waals surface area contributed by atoms with Crippen molar-refractivity contribution in [1.29, 1.82) is 0 Å². The van der Waals surface area contributed by atoms with Crippen LogP contribution in [0.3, 0.4) is 0 Å². The van der Waals surface area contributed by atoms with Crippen LogP contribution in [-0.2, 0) is 14.3 Å². The molecule has 8 heteroatoms. The van der Waals surface area contributed by atoms with E-state index < -0.39 is 0 Å². The quantitative estimate of drug-likeness (QED) is 0.203. The van der Waals surface area contributed by atoms with Crippen LogP contribution in [0.5, 0.6) is 0 Å². The SMILES string of the molecule is CCOC(CCNC(=NCC(=O)N(C)C)NCCOC)C1CCCC1.I. The van der Waals surface area contributed by atoms with Crippen LogP contribution in [0, 0.1) is 5.92 Å². The number of carbonyl (C=O) groups excluding carboxylic acids is 1. The number of methoxy groups -OCH3 is 1. The number of nitrogens with zero attached hydrogens (tertiary/aromatic N) is 2. The van der Waals surface area contributed by atoms with Gasteiger partial charge in [0.2, 0.25) is 5.91 Å². The van der Waals surface area contributed by atoms with E-state index >= 15 is 0 Å². The molecule has 1 aliphatic rings. The summed E-state index contributed by atoms with van der Waals surface area (Å²) in [5, 5.41) is 6.51.